The number of nitrogens with one attached hydrogen (secondary N) is 1. The second-order valence-corrected chi connectivity index (χ2v) is 10.5. The van der Waals surface area contributed by atoms with Crippen molar-refractivity contribution in [2.24, 2.45) is 0 Å². The van der Waals surface area contributed by atoms with Crippen LogP contribution in [-0.2, 0) is 4.79 Å². The van der Waals surface area contributed by atoms with Gasteiger partial charge in [-0.1, -0.05) is 134 Å². The first-order valence-corrected chi connectivity index (χ1v) is 15.7. The van der Waals surface area contributed by atoms with E-state index in [-0.39, 0.29) is 12.5 Å². The van der Waals surface area contributed by atoms with E-state index in [0.29, 0.717) is 6.42 Å². The van der Waals surface area contributed by atoms with Crippen LogP contribution in [-0.4, -0.2) is 34.9 Å². The SMILES string of the molecule is CCC/C=C\C/C=C\CCCCCCCC(=O)NC(CO)C(O)/C=C/CCCCCCCCCCCC. The summed E-state index contributed by atoms with van der Waals surface area (Å²) in [4.78, 5) is 12.2. The van der Waals surface area contributed by atoms with E-state index in [2.05, 4.69) is 43.5 Å². The Morgan fingerprint density at radius 1 is 0.649 bits per heavy atom. The van der Waals surface area contributed by atoms with Crippen LogP contribution in [0, 0.1) is 0 Å². The summed E-state index contributed by atoms with van der Waals surface area (Å²) in [5.74, 6) is -0.0831. The quantitative estimate of drug-likeness (QED) is 0.0750. The predicted octanol–water partition coefficient (Wildman–Crippen LogP) is 8.72. The zero-order chi connectivity index (χ0) is 27.2. The highest BCUT2D eigenvalue weighted by Crippen LogP contribution is 2.12. The maximum Gasteiger partial charge on any atom is 0.220 e. The molecule has 0 saturated carbocycles. The van der Waals surface area contributed by atoms with Crippen molar-refractivity contribution in [3.8, 4) is 0 Å². The van der Waals surface area contributed by atoms with E-state index >= 15 is 0 Å². The molecule has 216 valence electrons. The van der Waals surface area contributed by atoms with Gasteiger partial charge in [0.1, 0.15) is 0 Å². The van der Waals surface area contributed by atoms with Crippen molar-refractivity contribution in [2.75, 3.05) is 6.61 Å². The van der Waals surface area contributed by atoms with Crippen LogP contribution in [0.2, 0.25) is 0 Å². The summed E-state index contributed by atoms with van der Waals surface area (Å²) in [6.45, 7) is 4.20. The van der Waals surface area contributed by atoms with Gasteiger partial charge in [-0.25, -0.2) is 0 Å². The van der Waals surface area contributed by atoms with Gasteiger partial charge < -0.3 is 15.5 Å². The maximum atomic E-state index is 12.2. The Morgan fingerprint density at radius 2 is 1.16 bits per heavy atom. The molecule has 0 aromatic rings. The average Bonchev–Trinajstić information content (AvgIpc) is 2.90. The molecule has 37 heavy (non-hydrogen) atoms. The molecule has 0 aromatic carbocycles. The number of hydrogen-bond acceptors (Lipinski definition) is 3. The number of amides is 1. The normalized spacial score (nSPS) is 13.7. The lowest BCUT2D eigenvalue weighted by molar-refractivity contribution is -0.123. The van der Waals surface area contributed by atoms with Crippen molar-refractivity contribution in [3.63, 3.8) is 0 Å². The van der Waals surface area contributed by atoms with Crippen LogP contribution in [0.15, 0.2) is 36.5 Å². The van der Waals surface area contributed by atoms with Gasteiger partial charge in [-0.3, -0.25) is 4.79 Å². The molecule has 0 rings (SSSR count). The molecule has 0 aliphatic rings. The highest BCUT2D eigenvalue weighted by molar-refractivity contribution is 5.76. The van der Waals surface area contributed by atoms with E-state index < -0.39 is 12.1 Å². The van der Waals surface area contributed by atoms with E-state index in [4.69, 9.17) is 0 Å². The van der Waals surface area contributed by atoms with Crippen molar-refractivity contribution in [1.82, 2.24) is 5.32 Å². The first kappa shape index (κ1) is 35.6. The molecule has 0 heterocycles. The van der Waals surface area contributed by atoms with Crippen molar-refractivity contribution in [2.45, 2.75) is 161 Å². The van der Waals surface area contributed by atoms with Gasteiger partial charge in [0.15, 0.2) is 0 Å². The number of allylic oxidation sites excluding steroid dienone is 5. The molecule has 0 bridgehead atoms. The van der Waals surface area contributed by atoms with Crippen LogP contribution < -0.4 is 5.32 Å². The molecule has 0 saturated heterocycles. The molecule has 0 fully saturated rings. The molecule has 4 heteroatoms. The molecule has 2 unspecified atom stereocenters. The maximum absolute atomic E-state index is 12.2. The third-order valence-electron chi connectivity index (χ3n) is 6.85. The minimum Gasteiger partial charge on any atom is -0.394 e. The molecule has 1 amide bonds. The van der Waals surface area contributed by atoms with E-state index in [1.54, 1.807) is 6.08 Å². The summed E-state index contributed by atoms with van der Waals surface area (Å²) >= 11 is 0. The number of unbranched alkanes of at least 4 members (excludes halogenated alkanes) is 16. The van der Waals surface area contributed by atoms with Gasteiger partial charge >= 0.3 is 0 Å². The van der Waals surface area contributed by atoms with Crippen LogP contribution >= 0.6 is 0 Å². The van der Waals surface area contributed by atoms with Gasteiger partial charge in [0, 0.05) is 6.42 Å². The number of rotatable bonds is 27. The van der Waals surface area contributed by atoms with Gasteiger partial charge in [0.2, 0.25) is 5.91 Å². The Bertz CT molecular complexity index is 570. The molecule has 3 N–H and O–H groups in total. The minimum atomic E-state index is -0.840. The van der Waals surface area contributed by atoms with E-state index in [1.807, 2.05) is 6.08 Å². The fourth-order valence-electron chi connectivity index (χ4n) is 4.39. The summed E-state index contributed by atoms with van der Waals surface area (Å²) < 4.78 is 0. The van der Waals surface area contributed by atoms with Gasteiger partial charge in [0.05, 0.1) is 18.8 Å². The monoisotopic (exact) mass is 519 g/mol. The van der Waals surface area contributed by atoms with Crippen LogP contribution in [0.5, 0.6) is 0 Å². The third-order valence-corrected chi connectivity index (χ3v) is 6.85. The highest BCUT2D eigenvalue weighted by atomic mass is 16.3. The van der Waals surface area contributed by atoms with Gasteiger partial charge in [-0.05, 0) is 44.9 Å². The Hall–Kier alpha value is -1.39. The summed E-state index contributed by atoms with van der Waals surface area (Å²) in [6.07, 6.45) is 36.4. The zero-order valence-electron chi connectivity index (χ0n) is 24.5. The molecule has 4 nitrogen and oxygen atoms in total. The molecule has 0 aliphatic carbocycles. The molecular weight excluding hydrogens is 458 g/mol. The van der Waals surface area contributed by atoms with Crippen molar-refractivity contribution in [3.05, 3.63) is 36.5 Å². The molecule has 0 aliphatic heterocycles. The molecular formula is C33H61NO3. The Labute approximate surface area is 230 Å². The van der Waals surface area contributed by atoms with Crippen LogP contribution in [0.1, 0.15) is 149 Å². The number of aliphatic hydroxyl groups is 2. The zero-order valence-corrected chi connectivity index (χ0v) is 24.5. The Balaban J connectivity index is 3.72. The number of aliphatic hydroxyl groups excluding tert-OH is 2. The van der Waals surface area contributed by atoms with Crippen LogP contribution in [0.4, 0.5) is 0 Å². The van der Waals surface area contributed by atoms with E-state index in [9.17, 15) is 15.0 Å². The minimum absolute atomic E-state index is 0.0831. The second kappa shape index (κ2) is 29.2. The number of carbonyl (C=O) groups is 1. The summed E-state index contributed by atoms with van der Waals surface area (Å²) in [5.41, 5.74) is 0. The summed E-state index contributed by atoms with van der Waals surface area (Å²) in [7, 11) is 0. The number of hydrogen-bond donors (Lipinski definition) is 3. The molecule has 0 spiro atoms. The van der Waals surface area contributed by atoms with Crippen LogP contribution in [0.3, 0.4) is 0 Å². The lowest BCUT2D eigenvalue weighted by atomic mass is 10.1. The standard InChI is InChI=1S/C33H61NO3/c1-3-5-7-9-11-13-15-17-19-21-23-25-27-29-33(37)34-31(30-35)32(36)28-26-24-22-20-18-16-14-12-10-8-6-4-2/h7,9,13,15,26,28,31-32,35-36H,3-6,8,10-12,14,16-25,27,29-30H2,1-2H3,(H,34,37)/b9-7-,15-13-,28-26+. The predicted molar refractivity (Wildman–Crippen MR) is 161 cm³/mol. The van der Waals surface area contributed by atoms with Crippen molar-refractivity contribution in [1.29, 1.82) is 0 Å². The average molecular weight is 520 g/mol. The largest absolute Gasteiger partial charge is 0.394 e. The first-order chi connectivity index (χ1) is 18.2. The fourth-order valence-corrected chi connectivity index (χ4v) is 4.39. The second-order valence-electron chi connectivity index (χ2n) is 10.5. The topological polar surface area (TPSA) is 69.6 Å². The van der Waals surface area contributed by atoms with Crippen molar-refractivity contribution < 1.29 is 15.0 Å². The summed E-state index contributed by atoms with van der Waals surface area (Å²) in [5, 5.41) is 22.7. The van der Waals surface area contributed by atoms with Gasteiger partial charge in [-0.15, -0.1) is 0 Å². The smallest absolute Gasteiger partial charge is 0.220 e. The third kappa shape index (κ3) is 26.0. The van der Waals surface area contributed by atoms with Gasteiger partial charge in [-0.2, -0.15) is 0 Å². The summed E-state index contributed by atoms with van der Waals surface area (Å²) in [6, 6.07) is -0.625. The first-order valence-electron chi connectivity index (χ1n) is 15.7. The molecule has 2 atom stereocenters. The van der Waals surface area contributed by atoms with Crippen molar-refractivity contribution >= 4 is 5.91 Å². The lowest BCUT2D eigenvalue weighted by Crippen LogP contribution is -2.45. The van der Waals surface area contributed by atoms with Gasteiger partial charge in [0.25, 0.3) is 0 Å². The highest BCUT2D eigenvalue weighted by Gasteiger charge is 2.17. The lowest BCUT2D eigenvalue weighted by Gasteiger charge is -2.20. The molecule has 0 radical (unpaired) electrons. The van der Waals surface area contributed by atoms with Crippen LogP contribution in [0.25, 0.3) is 0 Å². The Morgan fingerprint density at radius 3 is 1.73 bits per heavy atom. The molecule has 0 aromatic heterocycles. The van der Waals surface area contributed by atoms with E-state index in [0.717, 1.165) is 44.9 Å². The Kier molecular flexibility index (Phi) is 28.1. The fraction of sp³-hybridized carbons (Fsp3) is 0.788. The number of carbonyl (C=O) groups excluding carboxylic acids is 1. The van der Waals surface area contributed by atoms with E-state index in [1.165, 1.54) is 83.5 Å².